The predicted molar refractivity (Wildman–Crippen MR) is 63.3 cm³/mol. The number of nitrogens with one attached hydrogen (secondary N) is 2. The third-order valence-corrected chi connectivity index (χ3v) is 2.35. The normalized spacial score (nSPS) is 15.2. The molecule has 2 heterocycles. The van der Waals surface area contributed by atoms with Gasteiger partial charge < -0.3 is 10.6 Å². The number of nitrogens with zero attached hydrogens (tertiary/aromatic N) is 3. The second kappa shape index (κ2) is 4.92. The van der Waals surface area contributed by atoms with E-state index in [-0.39, 0.29) is 0 Å². The van der Waals surface area contributed by atoms with Crippen LogP contribution in [0.3, 0.4) is 0 Å². The maximum absolute atomic E-state index is 4.36. The first-order valence-corrected chi connectivity index (χ1v) is 5.57. The predicted octanol–water partition coefficient (Wildman–Crippen LogP) is 0.532. The number of guanidine groups is 1. The Morgan fingerprint density at radius 3 is 2.94 bits per heavy atom. The Bertz CT molecular complexity index is 379. The van der Waals surface area contributed by atoms with Gasteiger partial charge in [0.1, 0.15) is 5.82 Å². The molecule has 2 rings (SSSR count). The zero-order valence-corrected chi connectivity index (χ0v) is 9.75. The first-order chi connectivity index (χ1) is 7.74. The number of aliphatic imine (C=N–C) groups is 1. The second-order valence-electron chi connectivity index (χ2n) is 3.91. The molecule has 86 valence electrons. The van der Waals surface area contributed by atoms with Crippen LogP contribution in [0.4, 0.5) is 0 Å². The highest BCUT2D eigenvalue weighted by atomic mass is 15.2. The maximum atomic E-state index is 4.36. The van der Waals surface area contributed by atoms with Gasteiger partial charge in [0.05, 0.1) is 12.2 Å². The Kier molecular flexibility index (Phi) is 3.34. The summed E-state index contributed by atoms with van der Waals surface area (Å²) in [5.74, 6) is 1.69. The Morgan fingerprint density at radius 1 is 1.38 bits per heavy atom. The van der Waals surface area contributed by atoms with Gasteiger partial charge in [-0.05, 0) is 26.3 Å². The van der Waals surface area contributed by atoms with Crippen molar-refractivity contribution in [2.75, 3.05) is 13.1 Å². The lowest BCUT2D eigenvalue weighted by Gasteiger charge is -2.15. The van der Waals surface area contributed by atoms with Crippen LogP contribution in [0.25, 0.3) is 0 Å². The van der Waals surface area contributed by atoms with Crippen molar-refractivity contribution < 1.29 is 0 Å². The Hall–Kier alpha value is -1.65. The van der Waals surface area contributed by atoms with Crippen molar-refractivity contribution >= 4 is 5.96 Å². The quantitative estimate of drug-likeness (QED) is 0.761. The molecule has 0 saturated carbocycles. The van der Waals surface area contributed by atoms with E-state index in [4.69, 9.17) is 0 Å². The fourth-order valence-corrected chi connectivity index (χ4v) is 1.71. The minimum atomic E-state index is 0.691. The Labute approximate surface area is 95.4 Å². The van der Waals surface area contributed by atoms with Gasteiger partial charge in [-0.3, -0.25) is 4.99 Å². The van der Waals surface area contributed by atoms with E-state index >= 15 is 0 Å². The van der Waals surface area contributed by atoms with Gasteiger partial charge in [0.15, 0.2) is 5.96 Å². The summed E-state index contributed by atoms with van der Waals surface area (Å²) in [6.07, 6.45) is 1.11. The van der Waals surface area contributed by atoms with Crippen molar-refractivity contribution in [3.05, 3.63) is 23.3 Å². The number of hydrogen-bond donors (Lipinski definition) is 2. The summed E-state index contributed by atoms with van der Waals surface area (Å²) in [5, 5.41) is 6.45. The molecule has 0 bridgehead atoms. The lowest BCUT2D eigenvalue weighted by molar-refractivity contribution is 0.696. The molecule has 1 aliphatic rings. The van der Waals surface area contributed by atoms with Crippen LogP contribution >= 0.6 is 0 Å². The fraction of sp³-hybridized carbons (Fsp3) is 0.545. The molecule has 1 aliphatic heterocycles. The van der Waals surface area contributed by atoms with Crippen LogP contribution in [0.2, 0.25) is 0 Å². The van der Waals surface area contributed by atoms with Gasteiger partial charge in [-0.15, -0.1) is 0 Å². The molecular weight excluding hydrogens is 202 g/mol. The van der Waals surface area contributed by atoms with Crippen molar-refractivity contribution in [2.45, 2.75) is 26.8 Å². The zero-order valence-electron chi connectivity index (χ0n) is 9.75. The van der Waals surface area contributed by atoms with E-state index in [9.17, 15) is 0 Å². The topological polar surface area (TPSA) is 62.2 Å². The second-order valence-corrected chi connectivity index (χ2v) is 3.91. The highest BCUT2D eigenvalue weighted by Crippen LogP contribution is 1.99. The highest BCUT2D eigenvalue weighted by Gasteiger charge is 2.04. The van der Waals surface area contributed by atoms with Crippen LogP contribution in [0.15, 0.2) is 11.1 Å². The van der Waals surface area contributed by atoms with E-state index in [1.165, 1.54) is 0 Å². The monoisotopic (exact) mass is 219 g/mol. The van der Waals surface area contributed by atoms with Gasteiger partial charge in [0.25, 0.3) is 0 Å². The van der Waals surface area contributed by atoms with Crippen molar-refractivity contribution in [3.8, 4) is 0 Å². The first kappa shape index (κ1) is 10.9. The lowest BCUT2D eigenvalue weighted by atomic mass is 10.3. The molecule has 0 unspecified atom stereocenters. The maximum Gasteiger partial charge on any atom is 0.191 e. The molecule has 0 spiro atoms. The molecule has 0 radical (unpaired) electrons. The van der Waals surface area contributed by atoms with Gasteiger partial charge in [-0.1, -0.05) is 0 Å². The van der Waals surface area contributed by atoms with Crippen molar-refractivity contribution in [1.29, 1.82) is 0 Å². The van der Waals surface area contributed by atoms with Crippen molar-refractivity contribution in [3.63, 3.8) is 0 Å². The van der Waals surface area contributed by atoms with Gasteiger partial charge in [0.2, 0.25) is 0 Å². The SMILES string of the molecule is Cc1cc(CNC2=NCCCN2)nc(C)n1. The molecule has 5 heteroatoms. The van der Waals surface area contributed by atoms with E-state index < -0.39 is 0 Å². The van der Waals surface area contributed by atoms with E-state index in [2.05, 4.69) is 25.6 Å². The summed E-state index contributed by atoms with van der Waals surface area (Å²) < 4.78 is 0. The first-order valence-electron chi connectivity index (χ1n) is 5.57. The van der Waals surface area contributed by atoms with Crippen LogP contribution in [0.5, 0.6) is 0 Å². The van der Waals surface area contributed by atoms with Crippen LogP contribution in [-0.4, -0.2) is 29.0 Å². The molecule has 0 saturated heterocycles. The molecule has 1 aromatic rings. The van der Waals surface area contributed by atoms with Crippen molar-refractivity contribution in [2.24, 2.45) is 4.99 Å². The number of aryl methyl sites for hydroxylation is 2. The largest absolute Gasteiger partial charge is 0.356 e. The molecule has 0 atom stereocenters. The molecule has 0 fully saturated rings. The van der Waals surface area contributed by atoms with E-state index in [0.29, 0.717) is 6.54 Å². The third-order valence-electron chi connectivity index (χ3n) is 2.35. The van der Waals surface area contributed by atoms with Gasteiger partial charge >= 0.3 is 0 Å². The molecule has 2 N–H and O–H groups in total. The standard InChI is InChI=1S/C11H17N5/c1-8-6-10(16-9(2)15-8)7-14-11-12-4-3-5-13-11/h6H,3-5,7H2,1-2H3,(H2,12,13,14). The lowest BCUT2D eigenvalue weighted by Crippen LogP contribution is -2.40. The van der Waals surface area contributed by atoms with E-state index in [0.717, 1.165) is 42.7 Å². The summed E-state index contributed by atoms with van der Waals surface area (Å²) in [5.41, 5.74) is 2.00. The number of aromatic nitrogens is 2. The van der Waals surface area contributed by atoms with Crippen LogP contribution in [0.1, 0.15) is 23.6 Å². The molecule has 0 amide bonds. The summed E-state index contributed by atoms with van der Waals surface area (Å²) in [6.45, 7) is 6.47. The van der Waals surface area contributed by atoms with Crippen LogP contribution in [-0.2, 0) is 6.54 Å². The average molecular weight is 219 g/mol. The highest BCUT2D eigenvalue weighted by molar-refractivity contribution is 5.80. The minimum absolute atomic E-state index is 0.691. The molecule has 16 heavy (non-hydrogen) atoms. The molecule has 0 aromatic carbocycles. The number of hydrogen-bond acceptors (Lipinski definition) is 5. The summed E-state index contributed by atoms with van der Waals surface area (Å²) in [7, 11) is 0. The molecule has 1 aromatic heterocycles. The van der Waals surface area contributed by atoms with E-state index in [1.54, 1.807) is 0 Å². The summed E-state index contributed by atoms with van der Waals surface area (Å²) >= 11 is 0. The number of rotatable bonds is 2. The summed E-state index contributed by atoms with van der Waals surface area (Å²) in [4.78, 5) is 12.9. The van der Waals surface area contributed by atoms with Gasteiger partial charge in [-0.2, -0.15) is 0 Å². The Morgan fingerprint density at radius 2 is 2.25 bits per heavy atom. The van der Waals surface area contributed by atoms with E-state index in [1.807, 2.05) is 19.9 Å². The van der Waals surface area contributed by atoms with Crippen molar-refractivity contribution in [1.82, 2.24) is 20.6 Å². The van der Waals surface area contributed by atoms with Gasteiger partial charge in [-0.25, -0.2) is 9.97 Å². The molecular formula is C11H17N5. The zero-order chi connectivity index (χ0) is 11.4. The molecule has 5 nitrogen and oxygen atoms in total. The smallest absolute Gasteiger partial charge is 0.191 e. The molecule has 0 aliphatic carbocycles. The summed E-state index contributed by atoms with van der Waals surface area (Å²) in [6, 6.07) is 1.99. The Balaban J connectivity index is 1.96. The average Bonchev–Trinajstić information content (AvgIpc) is 2.27. The third kappa shape index (κ3) is 2.92. The van der Waals surface area contributed by atoms with Crippen LogP contribution < -0.4 is 10.6 Å². The van der Waals surface area contributed by atoms with Gasteiger partial charge in [0, 0.05) is 18.8 Å². The van der Waals surface area contributed by atoms with Crippen LogP contribution in [0, 0.1) is 13.8 Å². The fourth-order valence-electron chi connectivity index (χ4n) is 1.71. The minimum Gasteiger partial charge on any atom is -0.356 e.